The summed E-state index contributed by atoms with van der Waals surface area (Å²) in [6, 6.07) is 0. The van der Waals surface area contributed by atoms with Gasteiger partial charge in [0, 0.05) is 17.0 Å². The van der Waals surface area contributed by atoms with Crippen molar-refractivity contribution in [1.82, 2.24) is 4.98 Å². The molecule has 2 heterocycles. The monoisotopic (exact) mass is 316 g/mol. The maximum atomic E-state index is 4.94. The number of nitrogens with one attached hydrogen (secondary N) is 1. The second-order valence-electron chi connectivity index (χ2n) is 5.70. The van der Waals surface area contributed by atoms with Gasteiger partial charge >= 0.3 is 0 Å². The zero-order valence-corrected chi connectivity index (χ0v) is 14.0. The van der Waals surface area contributed by atoms with Gasteiger partial charge in [-0.3, -0.25) is 0 Å². The molecule has 0 radical (unpaired) electrons. The first-order chi connectivity index (χ1) is 10.4. The van der Waals surface area contributed by atoms with Crippen molar-refractivity contribution in [1.29, 1.82) is 0 Å². The number of nitrogens with zero attached hydrogens (tertiary/aromatic N) is 1. The topological polar surface area (TPSA) is 24.9 Å². The molecule has 110 valence electrons. The minimum Gasteiger partial charge on any atom is -0.377 e. The van der Waals surface area contributed by atoms with Crippen LogP contribution in [0.15, 0.2) is 0 Å². The van der Waals surface area contributed by atoms with Gasteiger partial charge in [0.05, 0.1) is 14.9 Å². The van der Waals surface area contributed by atoms with Crippen LogP contribution < -0.4 is 15.2 Å². The Bertz CT molecular complexity index is 749. The van der Waals surface area contributed by atoms with Crippen molar-refractivity contribution < 1.29 is 0 Å². The minimum atomic E-state index is 0.982. The lowest BCUT2D eigenvalue weighted by Gasteiger charge is -2.11. The van der Waals surface area contributed by atoms with E-state index in [1.807, 2.05) is 22.7 Å². The van der Waals surface area contributed by atoms with E-state index < -0.39 is 0 Å². The third-order valence-corrected chi connectivity index (χ3v) is 6.57. The van der Waals surface area contributed by atoms with Crippen LogP contribution >= 0.6 is 22.7 Å². The Balaban J connectivity index is 1.91. The Morgan fingerprint density at radius 2 is 2.00 bits per heavy atom. The Morgan fingerprint density at radius 1 is 1.14 bits per heavy atom. The van der Waals surface area contributed by atoms with Crippen LogP contribution in [0.4, 0.5) is 5.00 Å². The summed E-state index contributed by atoms with van der Waals surface area (Å²) in [5.41, 5.74) is 2.99. The van der Waals surface area contributed by atoms with Gasteiger partial charge in [0.1, 0.15) is 5.01 Å². The highest BCUT2D eigenvalue weighted by atomic mass is 32.1. The van der Waals surface area contributed by atoms with Crippen LogP contribution in [-0.4, -0.2) is 11.5 Å². The van der Waals surface area contributed by atoms with Gasteiger partial charge in [-0.1, -0.05) is 12.2 Å². The van der Waals surface area contributed by atoms with Crippen LogP contribution in [0.5, 0.6) is 0 Å². The van der Waals surface area contributed by atoms with Crippen LogP contribution in [-0.2, 0) is 12.8 Å². The SMILES string of the molecule is CCNc1sc2c(c1-c1nc3c(s1)=CCCC=3)CCCC2. The minimum absolute atomic E-state index is 0.982. The number of thiazole rings is 1. The molecule has 0 fully saturated rings. The summed E-state index contributed by atoms with van der Waals surface area (Å²) in [4.78, 5) is 6.53. The number of fused-ring (bicyclic) bond motifs is 2. The highest BCUT2D eigenvalue weighted by Crippen LogP contribution is 2.44. The predicted molar refractivity (Wildman–Crippen MR) is 93.6 cm³/mol. The summed E-state index contributed by atoms with van der Waals surface area (Å²) < 4.78 is 1.37. The summed E-state index contributed by atoms with van der Waals surface area (Å²) >= 11 is 3.84. The molecule has 0 aliphatic heterocycles. The van der Waals surface area contributed by atoms with E-state index in [0.717, 1.165) is 19.4 Å². The average Bonchev–Trinajstić information content (AvgIpc) is 3.07. The average molecular weight is 316 g/mol. The van der Waals surface area contributed by atoms with Crippen molar-refractivity contribution in [2.45, 2.75) is 45.4 Å². The zero-order chi connectivity index (χ0) is 14.2. The number of aryl methyl sites for hydroxylation is 1. The molecular weight excluding hydrogens is 296 g/mol. The Morgan fingerprint density at radius 3 is 2.86 bits per heavy atom. The third kappa shape index (κ3) is 2.34. The quantitative estimate of drug-likeness (QED) is 0.937. The Kier molecular flexibility index (Phi) is 3.59. The van der Waals surface area contributed by atoms with Gasteiger partial charge in [0.15, 0.2) is 0 Å². The summed E-state index contributed by atoms with van der Waals surface area (Å²) in [6.45, 7) is 3.16. The second kappa shape index (κ2) is 5.58. The molecule has 2 aromatic heterocycles. The van der Waals surface area contributed by atoms with Gasteiger partial charge in [-0.15, -0.1) is 22.7 Å². The molecule has 21 heavy (non-hydrogen) atoms. The van der Waals surface area contributed by atoms with Crippen molar-refractivity contribution in [3.05, 3.63) is 20.3 Å². The molecule has 2 aliphatic rings. The molecule has 1 N–H and O–H groups in total. The first-order valence-corrected chi connectivity index (χ1v) is 9.56. The first-order valence-electron chi connectivity index (χ1n) is 7.93. The van der Waals surface area contributed by atoms with Crippen molar-refractivity contribution in [2.75, 3.05) is 11.9 Å². The van der Waals surface area contributed by atoms with Gasteiger partial charge < -0.3 is 5.32 Å². The van der Waals surface area contributed by atoms with Crippen molar-refractivity contribution in [2.24, 2.45) is 0 Å². The van der Waals surface area contributed by atoms with Gasteiger partial charge in [-0.2, -0.15) is 0 Å². The maximum absolute atomic E-state index is 4.94. The number of anilines is 1. The molecule has 0 atom stereocenters. The fraction of sp³-hybridized carbons (Fsp3) is 0.471. The van der Waals surface area contributed by atoms with Gasteiger partial charge in [-0.25, -0.2) is 4.98 Å². The lowest BCUT2D eigenvalue weighted by Crippen LogP contribution is -2.22. The molecule has 0 saturated carbocycles. The molecule has 0 aromatic carbocycles. The Labute approximate surface area is 133 Å². The zero-order valence-electron chi connectivity index (χ0n) is 12.4. The van der Waals surface area contributed by atoms with Crippen molar-refractivity contribution >= 4 is 39.8 Å². The number of thiophene rings is 1. The third-order valence-electron chi connectivity index (χ3n) is 4.24. The van der Waals surface area contributed by atoms with Crippen LogP contribution in [0.1, 0.15) is 43.0 Å². The van der Waals surface area contributed by atoms with E-state index in [4.69, 9.17) is 4.98 Å². The fourth-order valence-corrected chi connectivity index (χ4v) is 5.79. The lowest BCUT2D eigenvalue weighted by molar-refractivity contribution is 0.698. The highest BCUT2D eigenvalue weighted by molar-refractivity contribution is 7.18. The number of aromatic nitrogens is 1. The molecule has 0 amide bonds. The Hall–Kier alpha value is -1.13. The summed E-state index contributed by atoms with van der Waals surface area (Å²) in [5.74, 6) is 0. The van der Waals surface area contributed by atoms with Crippen molar-refractivity contribution in [3.63, 3.8) is 0 Å². The standard InChI is InChI=1S/C17H20N2S2/c1-2-18-16-15(11-7-3-5-9-13(11)20-16)17-19-12-8-4-6-10-14(12)21-17/h8,10,18H,2-7,9H2,1H3. The van der Waals surface area contributed by atoms with Crippen LogP contribution in [0.3, 0.4) is 0 Å². The van der Waals surface area contributed by atoms with Gasteiger partial charge in [-0.05, 0) is 51.0 Å². The second-order valence-corrected chi connectivity index (χ2v) is 7.84. The van der Waals surface area contributed by atoms with E-state index in [1.54, 1.807) is 10.4 Å². The summed E-state index contributed by atoms with van der Waals surface area (Å²) in [7, 11) is 0. The highest BCUT2D eigenvalue weighted by Gasteiger charge is 2.23. The van der Waals surface area contributed by atoms with Crippen LogP contribution in [0.25, 0.3) is 22.7 Å². The van der Waals surface area contributed by atoms with E-state index in [-0.39, 0.29) is 0 Å². The van der Waals surface area contributed by atoms with E-state index in [0.29, 0.717) is 0 Å². The molecular formula is C17H20N2S2. The molecule has 2 aliphatic carbocycles. The van der Waals surface area contributed by atoms with Crippen LogP contribution in [0, 0.1) is 0 Å². The molecule has 0 spiro atoms. The molecule has 4 heteroatoms. The molecule has 0 unspecified atom stereocenters. The van der Waals surface area contributed by atoms with Gasteiger partial charge in [0.25, 0.3) is 0 Å². The summed E-state index contributed by atoms with van der Waals surface area (Å²) in [6.07, 6.45) is 12.1. The molecule has 0 saturated heterocycles. The van der Waals surface area contributed by atoms with E-state index in [1.165, 1.54) is 51.1 Å². The number of rotatable bonds is 3. The predicted octanol–water partition coefficient (Wildman–Crippen LogP) is 3.54. The molecule has 4 rings (SSSR count). The molecule has 2 aromatic rings. The smallest absolute Gasteiger partial charge is 0.127 e. The van der Waals surface area contributed by atoms with Crippen molar-refractivity contribution in [3.8, 4) is 10.6 Å². The summed E-state index contributed by atoms with van der Waals surface area (Å²) in [5, 5.41) is 7.35. The lowest BCUT2D eigenvalue weighted by atomic mass is 9.96. The largest absolute Gasteiger partial charge is 0.377 e. The fourth-order valence-electron chi connectivity index (χ4n) is 3.25. The van der Waals surface area contributed by atoms with Gasteiger partial charge in [0.2, 0.25) is 0 Å². The molecule has 0 bridgehead atoms. The maximum Gasteiger partial charge on any atom is 0.127 e. The number of hydrogen-bond acceptors (Lipinski definition) is 4. The van der Waals surface area contributed by atoms with E-state index in [9.17, 15) is 0 Å². The first kappa shape index (κ1) is 13.5. The van der Waals surface area contributed by atoms with E-state index >= 15 is 0 Å². The van der Waals surface area contributed by atoms with Crippen LogP contribution in [0.2, 0.25) is 0 Å². The normalized spacial score (nSPS) is 16.6. The van der Waals surface area contributed by atoms with E-state index in [2.05, 4.69) is 24.4 Å². The number of hydrogen-bond donors (Lipinski definition) is 1. The molecule has 2 nitrogen and oxygen atoms in total.